The number of carbonyl (C=O) groups is 2. The van der Waals surface area contributed by atoms with E-state index < -0.39 is 6.10 Å². The number of likely N-dealkylation sites (tertiary alicyclic amines) is 1. The molecule has 3 aliphatic rings. The molecule has 178 valence electrons. The number of carbonyl (C=O) groups excluding carboxylic acids is 2. The second kappa shape index (κ2) is 10.2. The summed E-state index contributed by atoms with van der Waals surface area (Å²) in [6, 6.07) is 9.84. The molecule has 7 heteroatoms. The lowest BCUT2D eigenvalue weighted by atomic mass is 9.96. The van der Waals surface area contributed by atoms with Gasteiger partial charge in [0.1, 0.15) is 5.76 Å². The Morgan fingerprint density at radius 1 is 1.09 bits per heavy atom. The summed E-state index contributed by atoms with van der Waals surface area (Å²) < 4.78 is 11.5. The number of pyridine rings is 1. The Bertz CT molecular complexity index is 1090. The zero-order valence-corrected chi connectivity index (χ0v) is 19.6. The molecule has 7 nitrogen and oxygen atoms in total. The summed E-state index contributed by atoms with van der Waals surface area (Å²) >= 11 is 0. The quantitative estimate of drug-likeness (QED) is 0.647. The molecule has 5 rings (SSSR count). The van der Waals surface area contributed by atoms with Gasteiger partial charge in [0.15, 0.2) is 11.9 Å². The van der Waals surface area contributed by atoms with Crippen LogP contribution in [0.3, 0.4) is 0 Å². The van der Waals surface area contributed by atoms with Gasteiger partial charge in [0, 0.05) is 56.2 Å². The van der Waals surface area contributed by atoms with Gasteiger partial charge in [0.2, 0.25) is 5.78 Å². The van der Waals surface area contributed by atoms with Crippen molar-refractivity contribution in [1.29, 1.82) is 0 Å². The molecule has 2 aliphatic heterocycles. The summed E-state index contributed by atoms with van der Waals surface area (Å²) in [6.45, 7) is 4.25. The maximum absolute atomic E-state index is 13.5. The molecule has 1 aromatic heterocycles. The molecule has 34 heavy (non-hydrogen) atoms. The van der Waals surface area contributed by atoms with Gasteiger partial charge in [0.25, 0.3) is 0 Å². The van der Waals surface area contributed by atoms with E-state index >= 15 is 0 Å². The van der Waals surface area contributed by atoms with Crippen molar-refractivity contribution in [2.75, 3.05) is 39.9 Å². The van der Waals surface area contributed by atoms with Gasteiger partial charge in [-0.05, 0) is 61.7 Å². The van der Waals surface area contributed by atoms with E-state index in [1.54, 1.807) is 19.5 Å². The van der Waals surface area contributed by atoms with E-state index in [0.717, 1.165) is 67.8 Å². The van der Waals surface area contributed by atoms with Gasteiger partial charge in [-0.2, -0.15) is 0 Å². The van der Waals surface area contributed by atoms with Crippen LogP contribution in [0.4, 0.5) is 0 Å². The fourth-order valence-corrected chi connectivity index (χ4v) is 5.12. The van der Waals surface area contributed by atoms with E-state index in [0.29, 0.717) is 30.3 Å². The Balaban J connectivity index is 1.31. The lowest BCUT2D eigenvalue weighted by molar-refractivity contribution is -0.119. The third-order valence-electron chi connectivity index (χ3n) is 7.08. The summed E-state index contributed by atoms with van der Waals surface area (Å²) in [5.74, 6) is 0.769. The van der Waals surface area contributed by atoms with E-state index in [1.807, 2.05) is 30.3 Å². The Morgan fingerprint density at radius 3 is 2.65 bits per heavy atom. The van der Waals surface area contributed by atoms with Crippen LogP contribution < -0.4 is 5.32 Å². The van der Waals surface area contributed by atoms with Crippen LogP contribution in [0.2, 0.25) is 0 Å². The van der Waals surface area contributed by atoms with Gasteiger partial charge in [-0.25, -0.2) is 0 Å². The van der Waals surface area contributed by atoms with Crippen LogP contribution in [0.25, 0.3) is 11.3 Å². The van der Waals surface area contributed by atoms with Crippen molar-refractivity contribution < 1.29 is 19.1 Å². The van der Waals surface area contributed by atoms with Crippen LogP contribution in [-0.2, 0) is 20.7 Å². The number of nitrogens with one attached hydrogen (secondary N) is 1. The molecule has 0 spiro atoms. The van der Waals surface area contributed by atoms with Gasteiger partial charge >= 0.3 is 0 Å². The summed E-state index contributed by atoms with van der Waals surface area (Å²) in [6.07, 6.45) is 6.18. The maximum Gasteiger partial charge on any atom is 0.208 e. The molecule has 1 N–H and O–H groups in total. The van der Waals surface area contributed by atoms with Gasteiger partial charge in [-0.3, -0.25) is 14.6 Å². The number of piperidine rings is 1. The first-order valence-corrected chi connectivity index (χ1v) is 12.1. The molecule has 2 aromatic rings. The highest BCUT2D eigenvalue weighted by molar-refractivity contribution is 6.31. The molecule has 1 saturated heterocycles. The highest BCUT2D eigenvalue weighted by Crippen LogP contribution is 2.37. The number of ketones is 2. The first kappa shape index (κ1) is 22.9. The van der Waals surface area contributed by atoms with Crippen molar-refractivity contribution in [2.24, 2.45) is 0 Å². The van der Waals surface area contributed by atoms with Crippen molar-refractivity contribution >= 4 is 22.9 Å². The Morgan fingerprint density at radius 2 is 1.88 bits per heavy atom. The molecule has 1 aromatic carbocycles. The number of Topliss-reactive ketones (excluding diaryl/α,β-unsaturated/α-hetero) is 2. The van der Waals surface area contributed by atoms with Crippen molar-refractivity contribution in [3.05, 3.63) is 65.0 Å². The summed E-state index contributed by atoms with van der Waals surface area (Å²) in [5.41, 5.74) is 4.06. The highest BCUT2D eigenvalue weighted by atomic mass is 16.5. The minimum Gasteiger partial charge on any atom is -0.479 e. The maximum atomic E-state index is 13.5. The second-order valence-electron chi connectivity index (χ2n) is 9.22. The number of nitrogens with zero attached hydrogens (tertiary/aromatic N) is 2. The molecule has 1 atom stereocenters. The van der Waals surface area contributed by atoms with Crippen LogP contribution in [0.15, 0.2) is 42.7 Å². The number of ether oxygens (including phenoxy) is 2. The van der Waals surface area contributed by atoms with Crippen LogP contribution in [-0.4, -0.2) is 73.5 Å². The molecular weight excluding hydrogens is 430 g/mol. The first-order chi connectivity index (χ1) is 16.6. The molecule has 0 radical (unpaired) electrons. The lowest BCUT2D eigenvalue weighted by Crippen LogP contribution is -2.46. The number of methoxy groups -OCH3 is 1. The molecule has 1 aliphatic carbocycles. The van der Waals surface area contributed by atoms with Crippen LogP contribution >= 0.6 is 0 Å². The first-order valence-electron chi connectivity index (χ1n) is 12.1. The highest BCUT2D eigenvalue weighted by Gasteiger charge is 2.37. The number of hydrogen-bond donors (Lipinski definition) is 1. The Hall–Kier alpha value is -2.87. The van der Waals surface area contributed by atoms with Crippen molar-refractivity contribution in [3.8, 4) is 0 Å². The zero-order chi connectivity index (χ0) is 23.5. The molecule has 3 heterocycles. The van der Waals surface area contributed by atoms with Gasteiger partial charge in [0.05, 0.1) is 12.2 Å². The molecule has 1 fully saturated rings. The second-order valence-corrected chi connectivity index (χ2v) is 9.22. The monoisotopic (exact) mass is 461 g/mol. The number of aromatic nitrogens is 1. The number of aryl methyl sites for hydroxylation is 1. The third-order valence-corrected chi connectivity index (χ3v) is 7.08. The molecule has 0 bridgehead atoms. The SMILES string of the molecule is COCCN1CCC(NCC2OC(c3ccc4c(c3)CCC4=O)=C(c3ccncc3)C2=O)CC1. The fourth-order valence-electron chi connectivity index (χ4n) is 5.12. The smallest absolute Gasteiger partial charge is 0.208 e. The molecule has 0 amide bonds. The number of benzene rings is 1. The van der Waals surface area contributed by atoms with E-state index in [4.69, 9.17) is 9.47 Å². The normalized spacial score (nSPS) is 21.3. The lowest BCUT2D eigenvalue weighted by Gasteiger charge is -2.32. The summed E-state index contributed by atoms with van der Waals surface area (Å²) in [7, 11) is 1.73. The zero-order valence-electron chi connectivity index (χ0n) is 19.6. The minimum absolute atomic E-state index is 0.0113. The Kier molecular flexibility index (Phi) is 6.85. The van der Waals surface area contributed by atoms with E-state index in [2.05, 4.69) is 15.2 Å². The van der Waals surface area contributed by atoms with E-state index in [-0.39, 0.29) is 11.6 Å². The average Bonchev–Trinajstić information content (AvgIpc) is 3.41. The van der Waals surface area contributed by atoms with Crippen LogP contribution in [0, 0.1) is 0 Å². The molecular formula is C27H31N3O4. The van der Waals surface area contributed by atoms with Gasteiger partial charge in [-0.15, -0.1) is 0 Å². The number of fused-ring (bicyclic) bond motifs is 1. The van der Waals surface area contributed by atoms with Crippen molar-refractivity contribution in [3.63, 3.8) is 0 Å². The molecule has 0 saturated carbocycles. The standard InChI is InChI=1S/C27H31N3O4/c1-33-15-14-30-12-8-21(9-13-30)29-17-24-26(32)25(18-6-10-28-11-7-18)27(34-24)20-2-4-22-19(16-20)3-5-23(22)31/h2,4,6-7,10-11,16,21,24,29H,3,5,8-9,12-15,17H2,1H3. The summed E-state index contributed by atoms with van der Waals surface area (Å²) in [5, 5.41) is 3.57. The predicted octanol–water partition coefficient (Wildman–Crippen LogP) is 2.75. The Labute approximate surface area is 200 Å². The fraction of sp³-hybridized carbons (Fsp3) is 0.444. The number of hydrogen-bond acceptors (Lipinski definition) is 7. The van der Waals surface area contributed by atoms with E-state index in [1.165, 1.54) is 0 Å². The topological polar surface area (TPSA) is 80.8 Å². The largest absolute Gasteiger partial charge is 0.479 e. The van der Waals surface area contributed by atoms with Gasteiger partial charge in [-0.1, -0.05) is 12.1 Å². The van der Waals surface area contributed by atoms with Crippen LogP contribution in [0.5, 0.6) is 0 Å². The number of rotatable bonds is 8. The average molecular weight is 462 g/mol. The van der Waals surface area contributed by atoms with E-state index in [9.17, 15) is 9.59 Å². The minimum atomic E-state index is -0.570. The van der Waals surface area contributed by atoms with Crippen LogP contribution in [0.1, 0.15) is 46.3 Å². The van der Waals surface area contributed by atoms with Gasteiger partial charge < -0.3 is 19.7 Å². The molecule has 1 unspecified atom stereocenters. The summed E-state index contributed by atoms with van der Waals surface area (Å²) in [4.78, 5) is 32.1. The van der Waals surface area contributed by atoms with Crippen molar-refractivity contribution in [1.82, 2.24) is 15.2 Å². The van der Waals surface area contributed by atoms with Crippen molar-refractivity contribution in [2.45, 2.75) is 37.8 Å². The third kappa shape index (κ3) is 4.69. The predicted molar refractivity (Wildman–Crippen MR) is 129 cm³/mol.